The zero-order chi connectivity index (χ0) is 28.9. The molecule has 2 aliphatic rings. The summed E-state index contributed by atoms with van der Waals surface area (Å²) in [6.07, 6.45) is -8.05. The van der Waals surface area contributed by atoms with Gasteiger partial charge in [-0.1, -0.05) is 30.3 Å². The predicted octanol–water partition coefficient (Wildman–Crippen LogP) is 4.43. The van der Waals surface area contributed by atoms with Crippen molar-refractivity contribution in [3.8, 4) is 0 Å². The summed E-state index contributed by atoms with van der Waals surface area (Å²) in [6, 6.07) is 10.5. The molecule has 4 unspecified atom stereocenters. The summed E-state index contributed by atoms with van der Waals surface area (Å²) in [5.41, 5.74) is -3.05. The van der Waals surface area contributed by atoms with Crippen LogP contribution in [0.15, 0.2) is 48.5 Å². The largest absolute Gasteiger partial charge is 0.416 e. The van der Waals surface area contributed by atoms with Crippen LogP contribution in [0.1, 0.15) is 53.3 Å². The van der Waals surface area contributed by atoms with E-state index in [9.17, 15) is 34.8 Å². The number of tetrazole rings is 1. The molecule has 0 amide bonds. The van der Waals surface area contributed by atoms with Gasteiger partial charge in [0.1, 0.15) is 0 Å². The van der Waals surface area contributed by atoms with Crippen LogP contribution in [-0.2, 0) is 44.9 Å². The molecule has 2 saturated heterocycles. The van der Waals surface area contributed by atoms with Gasteiger partial charge < -0.3 is 10.1 Å². The van der Waals surface area contributed by atoms with E-state index in [1.165, 1.54) is 0 Å². The highest BCUT2D eigenvalue weighted by Crippen LogP contribution is 2.50. The van der Waals surface area contributed by atoms with E-state index in [0.717, 1.165) is 16.6 Å². The normalized spacial score (nSPS) is 25.3. The van der Waals surface area contributed by atoms with Gasteiger partial charge in [-0.05, 0) is 53.8 Å². The van der Waals surface area contributed by atoms with Crippen molar-refractivity contribution in [3.05, 3.63) is 76.6 Å². The van der Waals surface area contributed by atoms with Gasteiger partial charge in [0, 0.05) is 18.2 Å². The smallest absolute Gasteiger partial charge is 0.371 e. The lowest BCUT2D eigenvalue weighted by molar-refractivity contribution is -0.143. The second-order valence-corrected chi connectivity index (χ2v) is 12.4. The first-order chi connectivity index (χ1) is 18.6. The fourth-order valence-corrected chi connectivity index (χ4v) is 6.17. The van der Waals surface area contributed by atoms with Crippen LogP contribution in [0, 0.1) is 0 Å². The predicted molar refractivity (Wildman–Crippen MR) is 129 cm³/mol. The molecule has 15 heteroatoms. The molecular weight excluding hydrogens is 564 g/mol. The topological polar surface area (TPSA) is 99.0 Å². The molecule has 2 aliphatic heterocycles. The highest BCUT2D eigenvalue weighted by molar-refractivity contribution is 7.89. The van der Waals surface area contributed by atoms with Gasteiger partial charge in [-0.15, -0.1) is 15.0 Å². The van der Waals surface area contributed by atoms with Gasteiger partial charge in [0.25, 0.3) is 0 Å². The van der Waals surface area contributed by atoms with Gasteiger partial charge >= 0.3 is 12.4 Å². The fourth-order valence-electron chi connectivity index (χ4n) is 5.64. The molecule has 5 rings (SSSR count). The Hall–Kier alpha value is -3.04. The quantitative estimate of drug-likeness (QED) is 0.407. The lowest BCUT2D eigenvalue weighted by atomic mass is 9.80. The molecule has 3 aromatic rings. The lowest BCUT2D eigenvalue weighted by Crippen LogP contribution is -2.54. The molecule has 2 fully saturated rings. The summed E-state index contributed by atoms with van der Waals surface area (Å²) in [7, 11) is -3.41. The van der Waals surface area contributed by atoms with E-state index in [-0.39, 0.29) is 23.6 Å². The summed E-state index contributed by atoms with van der Waals surface area (Å²) in [6.45, 7) is -0.466. The van der Waals surface area contributed by atoms with Crippen LogP contribution in [0.3, 0.4) is 0 Å². The molecule has 0 saturated carbocycles. The molecule has 0 aliphatic carbocycles. The average molecular weight is 590 g/mol. The van der Waals surface area contributed by atoms with Crippen LogP contribution in [-0.4, -0.2) is 47.0 Å². The van der Waals surface area contributed by atoms with Crippen molar-refractivity contribution >= 4 is 9.84 Å². The molecule has 1 aromatic heterocycles. The fraction of sp³-hybridized carbons (Fsp3) is 0.480. The van der Waals surface area contributed by atoms with E-state index < -0.39 is 57.4 Å². The number of halogens is 6. The number of fused-ring (bicyclic) bond motifs is 2. The zero-order valence-corrected chi connectivity index (χ0v) is 21.9. The molecule has 8 nitrogen and oxygen atoms in total. The number of benzene rings is 2. The number of aromatic nitrogens is 4. The van der Waals surface area contributed by atoms with Crippen molar-refractivity contribution in [2.75, 3.05) is 6.26 Å². The third-order valence-corrected chi connectivity index (χ3v) is 8.00. The number of alkyl halides is 6. The van der Waals surface area contributed by atoms with Crippen molar-refractivity contribution in [2.45, 2.75) is 67.7 Å². The first-order valence-corrected chi connectivity index (χ1v) is 14.4. The number of hydrogen-bond donors (Lipinski definition) is 1. The summed E-state index contributed by atoms with van der Waals surface area (Å²) in [5.74, 6) is -0.378. The monoisotopic (exact) mass is 589 g/mol. The molecular formula is C25H25F6N5O3S. The van der Waals surface area contributed by atoms with Crippen LogP contribution in [0.4, 0.5) is 26.3 Å². The third-order valence-electron chi connectivity index (χ3n) is 7.30. The van der Waals surface area contributed by atoms with E-state index in [1.54, 1.807) is 0 Å². The number of nitrogens with one attached hydrogen (secondary N) is 1. The maximum atomic E-state index is 13.4. The average Bonchev–Trinajstić information content (AvgIpc) is 3.44. The van der Waals surface area contributed by atoms with Crippen molar-refractivity contribution in [2.24, 2.45) is 0 Å². The minimum absolute atomic E-state index is 0.0905. The number of ether oxygens (including phenoxy) is 1. The van der Waals surface area contributed by atoms with Gasteiger partial charge in [0.05, 0.1) is 29.4 Å². The van der Waals surface area contributed by atoms with E-state index >= 15 is 0 Å². The number of rotatable bonds is 7. The van der Waals surface area contributed by atoms with Crippen molar-refractivity contribution < 1.29 is 39.5 Å². The Kier molecular flexibility index (Phi) is 7.19. The summed E-state index contributed by atoms with van der Waals surface area (Å²) in [4.78, 5) is 1.00. The molecule has 216 valence electrons. The zero-order valence-electron chi connectivity index (χ0n) is 21.1. The Morgan fingerprint density at radius 1 is 1.02 bits per heavy atom. The summed E-state index contributed by atoms with van der Waals surface area (Å²) >= 11 is 0. The molecule has 4 atom stereocenters. The van der Waals surface area contributed by atoms with Gasteiger partial charge in [-0.3, -0.25) is 0 Å². The second kappa shape index (κ2) is 10.1. The molecule has 1 N–H and O–H groups in total. The Balaban J connectivity index is 1.44. The van der Waals surface area contributed by atoms with Gasteiger partial charge in [0.15, 0.2) is 21.5 Å². The maximum Gasteiger partial charge on any atom is 0.416 e. The highest BCUT2D eigenvalue weighted by Gasteiger charge is 2.55. The van der Waals surface area contributed by atoms with Crippen LogP contribution >= 0.6 is 0 Å². The number of hydrogen-bond acceptors (Lipinski definition) is 7. The molecule has 0 radical (unpaired) electrons. The van der Waals surface area contributed by atoms with Gasteiger partial charge in [0.2, 0.25) is 0 Å². The number of nitrogens with zero attached hydrogens (tertiary/aromatic N) is 4. The lowest BCUT2D eigenvalue weighted by Gasteiger charge is -2.42. The van der Waals surface area contributed by atoms with Crippen LogP contribution in [0.2, 0.25) is 0 Å². The molecule has 0 spiro atoms. The number of piperidine rings is 1. The minimum Gasteiger partial charge on any atom is -0.371 e. The molecule has 2 bridgehead atoms. The SMILES string of the molecule is CS(=O)(=O)Cn1nnc(C2CC3(c4ccccc4)NC2CCC3OCc2cc(C(F)(F)F)cc(C(F)(F)F)c2)n1. The molecule has 3 heterocycles. The summed E-state index contributed by atoms with van der Waals surface area (Å²) < 4.78 is 110. The highest BCUT2D eigenvalue weighted by atomic mass is 32.2. The van der Waals surface area contributed by atoms with Crippen LogP contribution in [0.5, 0.6) is 0 Å². The minimum atomic E-state index is -4.96. The van der Waals surface area contributed by atoms with E-state index in [0.29, 0.717) is 37.2 Å². The molecule has 40 heavy (non-hydrogen) atoms. The van der Waals surface area contributed by atoms with E-state index in [4.69, 9.17) is 4.74 Å². The van der Waals surface area contributed by atoms with E-state index in [1.807, 2.05) is 30.3 Å². The van der Waals surface area contributed by atoms with Crippen molar-refractivity contribution in [1.29, 1.82) is 0 Å². The number of sulfone groups is 1. The van der Waals surface area contributed by atoms with Crippen LogP contribution < -0.4 is 5.32 Å². The second-order valence-electron chi connectivity index (χ2n) is 10.3. The van der Waals surface area contributed by atoms with Gasteiger partial charge in [-0.25, -0.2) is 8.42 Å². The van der Waals surface area contributed by atoms with Gasteiger partial charge in [-0.2, -0.15) is 26.3 Å². The van der Waals surface area contributed by atoms with Crippen LogP contribution in [0.25, 0.3) is 0 Å². The summed E-state index contributed by atoms with van der Waals surface area (Å²) in [5, 5.41) is 15.8. The van der Waals surface area contributed by atoms with E-state index in [2.05, 4.69) is 20.7 Å². The Bertz CT molecular complexity index is 1450. The Labute approximate surface area is 225 Å². The standard InChI is InChI=1S/C25H25F6N5O3S/c1-40(37,38)14-36-34-22(33-35-36)19-12-23(16-5-3-2-4-6-16)21(8-7-20(19)32-23)39-13-15-9-17(24(26,27)28)11-18(10-15)25(29,30)31/h2-6,9-11,19-21,32H,7-8,12-14H2,1H3. The Morgan fingerprint density at radius 3 is 2.27 bits per heavy atom. The first-order valence-electron chi connectivity index (χ1n) is 12.3. The first kappa shape index (κ1) is 28.5. The molecule has 2 aromatic carbocycles. The Morgan fingerprint density at radius 2 is 1.68 bits per heavy atom. The third kappa shape index (κ3) is 5.86. The van der Waals surface area contributed by atoms with Crippen molar-refractivity contribution in [3.63, 3.8) is 0 Å². The maximum absolute atomic E-state index is 13.4. The van der Waals surface area contributed by atoms with Crippen molar-refractivity contribution in [1.82, 2.24) is 25.5 Å².